The van der Waals surface area contributed by atoms with Crippen molar-refractivity contribution in [3.8, 4) is 0 Å². The number of aromatic nitrogens is 2. The topological polar surface area (TPSA) is 58.1 Å². The van der Waals surface area contributed by atoms with Gasteiger partial charge in [0.2, 0.25) is 0 Å². The Morgan fingerprint density at radius 3 is 2.62 bits per heavy atom. The zero-order valence-electron chi connectivity index (χ0n) is 15.3. The first-order chi connectivity index (χ1) is 12.5. The molecule has 0 saturated heterocycles. The summed E-state index contributed by atoms with van der Waals surface area (Å²) in [5.41, 5.74) is 1.82. The number of thiophene rings is 1. The largest absolute Gasteiger partial charge is 0.357 e. The maximum Gasteiger partial charge on any atom is 0.266 e. The lowest BCUT2D eigenvalue weighted by Crippen LogP contribution is -2.23. The van der Waals surface area contributed by atoms with Gasteiger partial charge in [0, 0.05) is 18.8 Å². The monoisotopic (exact) mass is 372 g/mol. The molecule has 0 aliphatic rings. The van der Waals surface area contributed by atoms with Gasteiger partial charge >= 0.3 is 0 Å². The average Bonchev–Trinajstić information content (AvgIpc) is 2.97. The van der Waals surface area contributed by atoms with Gasteiger partial charge in [-0.1, -0.05) is 6.07 Å². The fraction of sp³-hybridized carbons (Fsp3) is 0.316. The van der Waals surface area contributed by atoms with E-state index < -0.39 is 0 Å². The van der Waals surface area contributed by atoms with Crippen molar-refractivity contribution in [1.82, 2.24) is 9.97 Å². The van der Waals surface area contributed by atoms with Crippen LogP contribution in [-0.4, -0.2) is 29.0 Å². The smallest absolute Gasteiger partial charge is 0.266 e. The van der Waals surface area contributed by atoms with Gasteiger partial charge in [0.25, 0.3) is 5.91 Å². The molecule has 3 aromatic rings. The molecule has 136 valence electrons. The molecule has 2 aromatic heterocycles. The Kier molecular flexibility index (Phi) is 5.18. The fourth-order valence-electron chi connectivity index (χ4n) is 2.89. The summed E-state index contributed by atoms with van der Waals surface area (Å²) >= 11 is 1.33. The molecule has 7 heteroatoms. The van der Waals surface area contributed by atoms with E-state index >= 15 is 0 Å². The number of hydrogen-bond acceptors (Lipinski definition) is 5. The Morgan fingerprint density at radius 1 is 1.23 bits per heavy atom. The second kappa shape index (κ2) is 7.37. The number of anilines is 2. The summed E-state index contributed by atoms with van der Waals surface area (Å²) in [5.74, 6) is 0.235. The Labute approximate surface area is 155 Å². The highest BCUT2D eigenvalue weighted by atomic mass is 32.1. The molecule has 0 radical (unpaired) electrons. The van der Waals surface area contributed by atoms with Crippen LogP contribution < -0.4 is 10.2 Å². The van der Waals surface area contributed by atoms with Crippen LogP contribution in [0.4, 0.5) is 15.9 Å². The number of carbonyl (C=O) groups excluding carboxylic acids is 1. The van der Waals surface area contributed by atoms with Crippen molar-refractivity contribution in [3.05, 3.63) is 46.3 Å². The molecule has 1 N–H and O–H groups in total. The molecule has 0 atom stereocenters. The normalized spacial score (nSPS) is 11.0. The number of aryl methyl sites for hydroxylation is 2. The third kappa shape index (κ3) is 3.26. The predicted octanol–water partition coefficient (Wildman–Crippen LogP) is 4.55. The van der Waals surface area contributed by atoms with E-state index in [9.17, 15) is 9.18 Å². The molecule has 26 heavy (non-hydrogen) atoms. The third-order valence-electron chi connectivity index (χ3n) is 4.41. The van der Waals surface area contributed by atoms with E-state index in [1.165, 1.54) is 23.7 Å². The van der Waals surface area contributed by atoms with Crippen molar-refractivity contribution in [2.45, 2.75) is 27.7 Å². The van der Waals surface area contributed by atoms with Crippen LogP contribution in [0.1, 0.15) is 34.6 Å². The highest BCUT2D eigenvalue weighted by Gasteiger charge is 2.21. The second-order valence-corrected chi connectivity index (χ2v) is 7.02. The first-order valence-corrected chi connectivity index (χ1v) is 9.34. The quantitative estimate of drug-likeness (QED) is 0.714. The van der Waals surface area contributed by atoms with E-state index in [-0.39, 0.29) is 11.7 Å². The molecule has 0 spiro atoms. The molecule has 0 aliphatic carbocycles. The van der Waals surface area contributed by atoms with Crippen molar-refractivity contribution >= 4 is 39.0 Å². The highest BCUT2D eigenvalue weighted by molar-refractivity contribution is 7.20. The first kappa shape index (κ1) is 18.3. The van der Waals surface area contributed by atoms with E-state index in [4.69, 9.17) is 0 Å². The number of hydrogen-bond donors (Lipinski definition) is 1. The number of amides is 1. The number of benzene rings is 1. The third-order valence-corrected chi connectivity index (χ3v) is 5.60. The van der Waals surface area contributed by atoms with Crippen LogP contribution in [0.2, 0.25) is 0 Å². The van der Waals surface area contributed by atoms with Gasteiger partial charge in [0.15, 0.2) is 0 Å². The van der Waals surface area contributed by atoms with E-state index in [1.807, 2.05) is 6.92 Å². The minimum atomic E-state index is -0.342. The van der Waals surface area contributed by atoms with Crippen molar-refractivity contribution < 1.29 is 9.18 Å². The van der Waals surface area contributed by atoms with Crippen molar-refractivity contribution in [2.75, 3.05) is 23.3 Å². The van der Waals surface area contributed by atoms with Crippen LogP contribution in [0.3, 0.4) is 0 Å². The van der Waals surface area contributed by atoms with Gasteiger partial charge in [-0.3, -0.25) is 4.79 Å². The molecule has 0 fully saturated rings. The number of fused-ring (bicyclic) bond motifs is 1. The van der Waals surface area contributed by atoms with Gasteiger partial charge in [-0.2, -0.15) is 0 Å². The zero-order chi connectivity index (χ0) is 18.8. The summed E-state index contributed by atoms with van der Waals surface area (Å²) in [7, 11) is 0. The SMILES string of the molecule is CCN(CC)c1ncnc2sc(C(=O)Nc3ccc(C)c(F)c3)c(C)c12. The molecular formula is C19H21FN4OS. The molecule has 5 nitrogen and oxygen atoms in total. The Balaban J connectivity index is 2.00. The van der Waals surface area contributed by atoms with Crippen LogP contribution in [0.5, 0.6) is 0 Å². The van der Waals surface area contributed by atoms with Crippen LogP contribution >= 0.6 is 11.3 Å². The van der Waals surface area contributed by atoms with Gasteiger partial charge in [-0.15, -0.1) is 11.3 Å². The maximum absolute atomic E-state index is 13.7. The summed E-state index contributed by atoms with van der Waals surface area (Å²) in [6.07, 6.45) is 1.53. The average molecular weight is 372 g/mol. The van der Waals surface area contributed by atoms with Crippen LogP contribution in [-0.2, 0) is 0 Å². The number of nitrogens with one attached hydrogen (secondary N) is 1. The van der Waals surface area contributed by atoms with E-state index in [0.29, 0.717) is 16.1 Å². The standard InChI is InChI=1S/C19H21FN4OS/c1-5-24(6-2)17-15-12(4)16(26-19(15)22-10-21-17)18(25)23-13-8-7-11(3)14(20)9-13/h7-10H,5-6H2,1-4H3,(H,23,25). The van der Waals surface area contributed by atoms with Crippen LogP contribution in [0, 0.1) is 19.7 Å². The van der Waals surface area contributed by atoms with Gasteiger partial charge in [0.05, 0.1) is 10.3 Å². The summed E-state index contributed by atoms with van der Waals surface area (Å²) in [6.45, 7) is 9.37. The summed E-state index contributed by atoms with van der Waals surface area (Å²) in [4.78, 5) is 25.0. The molecule has 3 rings (SSSR count). The Bertz CT molecular complexity index is 966. The minimum absolute atomic E-state index is 0.265. The molecule has 0 aliphatic heterocycles. The number of carbonyl (C=O) groups is 1. The van der Waals surface area contributed by atoms with Crippen molar-refractivity contribution in [2.24, 2.45) is 0 Å². The summed E-state index contributed by atoms with van der Waals surface area (Å²) < 4.78 is 13.7. The lowest BCUT2D eigenvalue weighted by Gasteiger charge is -2.20. The molecule has 1 aromatic carbocycles. The molecular weight excluding hydrogens is 351 g/mol. The minimum Gasteiger partial charge on any atom is -0.357 e. The van der Waals surface area contributed by atoms with E-state index in [1.54, 1.807) is 19.1 Å². The molecule has 0 saturated carbocycles. The number of nitrogens with zero attached hydrogens (tertiary/aromatic N) is 3. The predicted molar refractivity (Wildman–Crippen MR) is 105 cm³/mol. The fourth-order valence-corrected chi connectivity index (χ4v) is 3.93. The highest BCUT2D eigenvalue weighted by Crippen LogP contribution is 2.35. The lowest BCUT2D eigenvalue weighted by molar-refractivity contribution is 0.103. The van der Waals surface area contributed by atoms with Crippen LogP contribution in [0.25, 0.3) is 10.2 Å². The number of rotatable bonds is 5. The summed E-state index contributed by atoms with van der Waals surface area (Å²) in [5, 5.41) is 3.68. The summed E-state index contributed by atoms with van der Waals surface area (Å²) in [6, 6.07) is 4.67. The van der Waals surface area contributed by atoms with Gasteiger partial charge in [-0.05, 0) is 51.0 Å². The number of halogens is 1. The maximum atomic E-state index is 13.7. The Morgan fingerprint density at radius 2 is 1.96 bits per heavy atom. The van der Waals surface area contributed by atoms with E-state index in [2.05, 4.69) is 34.0 Å². The van der Waals surface area contributed by atoms with Gasteiger partial charge in [-0.25, -0.2) is 14.4 Å². The van der Waals surface area contributed by atoms with Gasteiger partial charge < -0.3 is 10.2 Å². The molecule has 0 unspecified atom stereocenters. The second-order valence-electron chi connectivity index (χ2n) is 6.02. The zero-order valence-corrected chi connectivity index (χ0v) is 16.1. The van der Waals surface area contributed by atoms with Crippen molar-refractivity contribution in [1.29, 1.82) is 0 Å². The Hall–Kier alpha value is -2.54. The van der Waals surface area contributed by atoms with Crippen LogP contribution in [0.15, 0.2) is 24.5 Å². The molecule has 0 bridgehead atoms. The lowest BCUT2D eigenvalue weighted by atomic mass is 10.1. The van der Waals surface area contributed by atoms with Gasteiger partial charge in [0.1, 0.15) is 22.8 Å². The molecule has 2 heterocycles. The first-order valence-electron chi connectivity index (χ1n) is 8.52. The van der Waals surface area contributed by atoms with Crippen molar-refractivity contribution in [3.63, 3.8) is 0 Å². The van der Waals surface area contributed by atoms with E-state index in [0.717, 1.165) is 34.7 Å². The molecule has 1 amide bonds.